The molecule has 1 aliphatic rings. The third-order valence-electron chi connectivity index (χ3n) is 4.37. The first-order valence-corrected chi connectivity index (χ1v) is 6.65. The lowest BCUT2D eigenvalue weighted by molar-refractivity contribution is -0.0277. The smallest absolute Gasteiger partial charge is 0.0670 e. The Morgan fingerprint density at radius 3 is 1.94 bits per heavy atom. The summed E-state index contributed by atoms with van der Waals surface area (Å²) in [5, 5.41) is 19.1. The molecule has 1 fully saturated rings. The summed E-state index contributed by atoms with van der Waals surface area (Å²) in [6, 6.07) is 0.529. The number of nitrogens with zero attached hydrogens (tertiary/aromatic N) is 1. The SMILES string of the molecule is CCC(CO)(CO)N(C)C1CCCCCC1. The van der Waals surface area contributed by atoms with Gasteiger partial charge in [-0.1, -0.05) is 32.6 Å². The topological polar surface area (TPSA) is 43.7 Å². The van der Waals surface area contributed by atoms with E-state index in [4.69, 9.17) is 0 Å². The first-order chi connectivity index (χ1) is 7.70. The molecule has 3 heteroatoms. The van der Waals surface area contributed by atoms with Crippen molar-refractivity contribution >= 4 is 0 Å². The van der Waals surface area contributed by atoms with Gasteiger partial charge < -0.3 is 10.2 Å². The van der Waals surface area contributed by atoms with Crippen molar-refractivity contribution in [2.75, 3.05) is 20.3 Å². The second-order valence-corrected chi connectivity index (χ2v) is 5.15. The molecule has 0 heterocycles. The van der Waals surface area contributed by atoms with Crippen molar-refractivity contribution in [1.29, 1.82) is 0 Å². The van der Waals surface area contributed by atoms with Crippen LogP contribution in [0.1, 0.15) is 51.9 Å². The van der Waals surface area contributed by atoms with E-state index in [9.17, 15) is 10.2 Å². The van der Waals surface area contributed by atoms with Crippen LogP contribution in [0.25, 0.3) is 0 Å². The quantitative estimate of drug-likeness (QED) is 0.706. The van der Waals surface area contributed by atoms with Gasteiger partial charge in [0, 0.05) is 6.04 Å². The van der Waals surface area contributed by atoms with Gasteiger partial charge in [0.15, 0.2) is 0 Å². The van der Waals surface area contributed by atoms with Gasteiger partial charge >= 0.3 is 0 Å². The fourth-order valence-electron chi connectivity index (χ4n) is 2.78. The molecule has 0 bridgehead atoms. The largest absolute Gasteiger partial charge is 0.394 e. The van der Waals surface area contributed by atoms with E-state index in [0.717, 1.165) is 6.42 Å². The molecule has 0 atom stereocenters. The van der Waals surface area contributed by atoms with Gasteiger partial charge in [-0.05, 0) is 26.3 Å². The highest BCUT2D eigenvalue weighted by Crippen LogP contribution is 2.27. The molecule has 0 spiro atoms. The van der Waals surface area contributed by atoms with E-state index in [0.29, 0.717) is 6.04 Å². The zero-order chi connectivity index (χ0) is 12.0. The van der Waals surface area contributed by atoms with Crippen molar-refractivity contribution in [3.63, 3.8) is 0 Å². The molecule has 0 saturated heterocycles. The average molecular weight is 229 g/mol. The molecule has 2 N–H and O–H groups in total. The Kier molecular flexibility index (Phi) is 5.73. The average Bonchev–Trinajstić information content (AvgIpc) is 2.60. The van der Waals surface area contributed by atoms with Crippen LogP contribution in [-0.4, -0.2) is 47.0 Å². The van der Waals surface area contributed by atoms with E-state index in [1.165, 1.54) is 38.5 Å². The van der Waals surface area contributed by atoms with Crippen LogP contribution >= 0.6 is 0 Å². The fraction of sp³-hybridized carbons (Fsp3) is 1.00. The zero-order valence-electron chi connectivity index (χ0n) is 10.8. The summed E-state index contributed by atoms with van der Waals surface area (Å²) in [5.74, 6) is 0. The van der Waals surface area contributed by atoms with E-state index < -0.39 is 5.54 Å². The van der Waals surface area contributed by atoms with Crippen molar-refractivity contribution < 1.29 is 10.2 Å². The second kappa shape index (κ2) is 6.58. The van der Waals surface area contributed by atoms with Crippen LogP contribution in [0.5, 0.6) is 0 Å². The minimum Gasteiger partial charge on any atom is -0.394 e. The van der Waals surface area contributed by atoms with Crippen LogP contribution in [0.4, 0.5) is 0 Å². The number of aliphatic hydroxyl groups excluding tert-OH is 2. The van der Waals surface area contributed by atoms with Crippen LogP contribution < -0.4 is 0 Å². The fourth-order valence-corrected chi connectivity index (χ4v) is 2.78. The summed E-state index contributed by atoms with van der Waals surface area (Å²) in [5.41, 5.74) is -0.422. The lowest BCUT2D eigenvalue weighted by atomic mass is 9.92. The number of rotatable bonds is 5. The number of hydrogen-bond donors (Lipinski definition) is 2. The molecule has 0 unspecified atom stereocenters. The van der Waals surface area contributed by atoms with Gasteiger partial charge in [-0.25, -0.2) is 0 Å². The zero-order valence-corrected chi connectivity index (χ0v) is 10.8. The standard InChI is InChI=1S/C13H27NO2/c1-3-13(10-15,11-16)14(2)12-8-6-4-5-7-9-12/h12,15-16H,3-11H2,1-2H3. The Morgan fingerprint density at radius 1 is 1.06 bits per heavy atom. The summed E-state index contributed by atoms with van der Waals surface area (Å²) in [6.07, 6.45) is 8.45. The van der Waals surface area contributed by atoms with Gasteiger partial charge in [0.25, 0.3) is 0 Å². The van der Waals surface area contributed by atoms with Crippen molar-refractivity contribution in [2.24, 2.45) is 0 Å². The third kappa shape index (κ3) is 2.96. The molecular formula is C13H27NO2. The van der Waals surface area contributed by atoms with Crippen molar-refractivity contribution in [3.8, 4) is 0 Å². The summed E-state index contributed by atoms with van der Waals surface area (Å²) in [4.78, 5) is 2.23. The highest BCUT2D eigenvalue weighted by atomic mass is 16.3. The Morgan fingerprint density at radius 2 is 1.56 bits per heavy atom. The first kappa shape index (κ1) is 13.9. The molecule has 1 aliphatic carbocycles. The molecule has 1 rings (SSSR count). The highest BCUT2D eigenvalue weighted by Gasteiger charge is 2.35. The minimum absolute atomic E-state index is 0.0486. The van der Waals surface area contributed by atoms with Crippen LogP contribution in [-0.2, 0) is 0 Å². The van der Waals surface area contributed by atoms with Crippen LogP contribution in [0.15, 0.2) is 0 Å². The van der Waals surface area contributed by atoms with Crippen LogP contribution in [0.2, 0.25) is 0 Å². The minimum atomic E-state index is -0.422. The highest BCUT2D eigenvalue weighted by molar-refractivity contribution is 4.91. The summed E-state index contributed by atoms with van der Waals surface area (Å²) in [7, 11) is 2.06. The summed E-state index contributed by atoms with van der Waals surface area (Å²) >= 11 is 0. The predicted molar refractivity (Wildman–Crippen MR) is 66.4 cm³/mol. The number of likely N-dealkylation sites (N-methyl/N-ethyl adjacent to an activating group) is 1. The molecule has 0 aromatic rings. The van der Waals surface area contributed by atoms with E-state index >= 15 is 0 Å². The lowest BCUT2D eigenvalue weighted by Crippen LogP contribution is -2.56. The lowest BCUT2D eigenvalue weighted by Gasteiger charge is -2.43. The molecule has 0 aliphatic heterocycles. The molecule has 3 nitrogen and oxygen atoms in total. The van der Waals surface area contributed by atoms with Crippen LogP contribution in [0, 0.1) is 0 Å². The summed E-state index contributed by atoms with van der Waals surface area (Å²) < 4.78 is 0. The predicted octanol–water partition coefficient (Wildman–Crippen LogP) is 1.77. The number of hydrogen-bond acceptors (Lipinski definition) is 3. The molecule has 0 aromatic heterocycles. The normalized spacial score (nSPS) is 20.1. The molecule has 96 valence electrons. The molecule has 16 heavy (non-hydrogen) atoms. The second-order valence-electron chi connectivity index (χ2n) is 5.15. The van der Waals surface area contributed by atoms with E-state index in [1.807, 2.05) is 6.92 Å². The van der Waals surface area contributed by atoms with Crippen molar-refractivity contribution in [3.05, 3.63) is 0 Å². The molecule has 1 saturated carbocycles. The monoisotopic (exact) mass is 229 g/mol. The van der Waals surface area contributed by atoms with Crippen molar-refractivity contribution in [2.45, 2.75) is 63.5 Å². The van der Waals surface area contributed by atoms with Crippen molar-refractivity contribution in [1.82, 2.24) is 4.90 Å². The van der Waals surface area contributed by atoms with E-state index in [-0.39, 0.29) is 13.2 Å². The summed E-state index contributed by atoms with van der Waals surface area (Å²) in [6.45, 7) is 2.14. The molecular weight excluding hydrogens is 202 g/mol. The van der Waals surface area contributed by atoms with Gasteiger partial charge in [0.1, 0.15) is 0 Å². The Bertz CT molecular complexity index is 176. The van der Waals surface area contributed by atoms with Gasteiger partial charge in [0.05, 0.1) is 18.8 Å². The van der Waals surface area contributed by atoms with Gasteiger partial charge in [-0.15, -0.1) is 0 Å². The number of aliphatic hydroxyl groups is 2. The van der Waals surface area contributed by atoms with E-state index in [2.05, 4.69) is 11.9 Å². The maximum Gasteiger partial charge on any atom is 0.0670 e. The van der Waals surface area contributed by atoms with Gasteiger partial charge in [-0.3, -0.25) is 4.90 Å². The Labute approximate surface area is 99.5 Å². The maximum atomic E-state index is 9.55. The Hall–Kier alpha value is -0.120. The van der Waals surface area contributed by atoms with Crippen LogP contribution in [0.3, 0.4) is 0 Å². The molecule has 0 aromatic carbocycles. The molecule has 0 radical (unpaired) electrons. The first-order valence-electron chi connectivity index (χ1n) is 6.65. The van der Waals surface area contributed by atoms with Gasteiger partial charge in [0.2, 0.25) is 0 Å². The Balaban J connectivity index is 2.67. The van der Waals surface area contributed by atoms with Gasteiger partial charge in [-0.2, -0.15) is 0 Å². The van der Waals surface area contributed by atoms with E-state index in [1.54, 1.807) is 0 Å². The molecule has 0 amide bonds. The maximum absolute atomic E-state index is 9.55. The third-order valence-corrected chi connectivity index (χ3v) is 4.37.